The highest BCUT2D eigenvalue weighted by Gasteiger charge is 2.49. The topological polar surface area (TPSA) is 175 Å². The molecule has 3 heterocycles. The normalized spacial score (nSPS) is 32.8. The Kier molecular flexibility index (Phi) is 8.66. The molecule has 13 nitrogen and oxygen atoms in total. The van der Waals surface area contributed by atoms with Gasteiger partial charge in [-0.2, -0.15) is 0 Å². The van der Waals surface area contributed by atoms with E-state index in [1.165, 1.54) is 28.4 Å². The molecule has 9 atom stereocenters. The number of aromatic hydroxyl groups is 1. The van der Waals surface area contributed by atoms with Gasteiger partial charge in [-0.3, -0.25) is 0 Å². The first-order valence-electron chi connectivity index (χ1n) is 13.2. The molecule has 2 aromatic carbocycles. The summed E-state index contributed by atoms with van der Waals surface area (Å²) in [6.45, 7) is 0.241. The first-order chi connectivity index (χ1) is 19.8. The molecule has 3 fully saturated rings. The molecule has 0 spiro atoms. The van der Waals surface area contributed by atoms with Crippen LogP contribution in [0, 0.1) is 11.8 Å². The lowest BCUT2D eigenvalue weighted by molar-refractivity contribution is -0.277. The molecule has 2 aromatic rings. The third kappa shape index (κ3) is 5.23. The van der Waals surface area contributed by atoms with Crippen molar-refractivity contribution < 1.29 is 63.4 Å². The van der Waals surface area contributed by atoms with Gasteiger partial charge in [0, 0.05) is 11.8 Å². The number of methoxy groups -OCH3 is 4. The van der Waals surface area contributed by atoms with Crippen molar-refractivity contribution in [2.24, 2.45) is 11.8 Å². The summed E-state index contributed by atoms with van der Waals surface area (Å²) in [4.78, 5) is 0. The van der Waals surface area contributed by atoms with E-state index in [-0.39, 0.29) is 58.5 Å². The van der Waals surface area contributed by atoms with Gasteiger partial charge in [0.15, 0.2) is 23.0 Å². The maximum atomic E-state index is 10.5. The standard InChI is InChI=1S/C28H36O13/c1-34-16-5-12(6-17(35-2)21(16)30)25-14-10-39-26(15(14)11-38-25)13-7-18(36-3)27(19(8-13)37-4)41-28-24(33)23(32)22(31)20(9-29)40-28/h5-8,14-15,20,22-26,28-33H,9-11H2,1-4H3/t14-,15+,20-,22-,23+,24-,25-,26-,28+/m1/s1. The third-order valence-electron chi connectivity index (χ3n) is 7.99. The van der Waals surface area contributed by atoms with Crippen LogP contribution in [0.2, 0.25) is 0 Å². The molecule has 226 valence electrons. The summed E-state index contributed by atoms with van der Waals surface area (Å²) in [7, 11) is 5.82. The van der Waals surface area contributed by atoms with E-state index >= 15 is 0 Å². The van der Waals surface area contributed by atoms with E-state index in [2.05, 4.69) is 0 Å². The van der Waals surface area contributed by atoms with Crippen LogP contribution in [-0.2, 0) is 14.2 Å². The van der Waals surface area contributed by atoms with E-state index < -0.39 is 37.3 Å². The molecule has 0 saturated carbocycles. The molecule has 5 N–H and O–H groups in total. The van der Waals surface area contributed by atoms with Crippen molar-refractivity contribution in [1.82, 2.24) is 0 Å². The van der Waals surface area contributed by atoms with Crippen molar-refractivity contribution in [2.75, 3.05) is 48.3 Å². The highest BCUT2D eigenvalue weighted by molar-refractivity contribution is 5.55. The molecule has 5 rings (SSSR count). The summed E-state index contributed by atoms with van der Waals surface area (Å²) < 4.78 is 45.7. The van der Waals surface area contributed by atoms with Crippen molar-refractivity contribution in [3.8, 4) is 34.5 Å². The Morgan fingerprint density at radius 1 is 0.707 bits per heavy atom. The van der Waals surface area contributed by atoms with Crippen molar-refractivity contribution in [3.63, 3.8) is 0 Å². The molecule has 3 aliphatic heterocycles. The van der Waals surface area contributed by atoms with Gasteiger partial charge in [-0.25, -0.2) is 0 Å². The Morgan fingerprint density at radius 2 is 1.17 bits per heavy atom. The van der Waals surface area contributed by atoms with Crippen LogP contribution in [0.3, 0.4) is 0 Å². The summed E-state index contributed by atoms with van der Waals surface area (Å²) in [6.07, 6.45) is -7.96. The van der Waals surface area contributed by atoms with Crippen LogP contribution < -0.4 is 23.7 Å². The van der Waals surface area contributed by atoms with Crippen LogP contribution in [0.15, 0.2) is 24.3 Å². The van der Waals surface area contributed by atoms with Crippen LogP contribution in [-0.4, -0.2) is 104 Å². The van der Waals surface area contributed by atoms with Crippen molar-refractivity contribution in [2.45, 2.75) is 42.9 Å². The van der Waals surface area contributed by atoms with E-state index in [1.54, 1.807) is 24.3 Å². The lowest BCUT2D eigenvalue weighted by Gasteiger charge is -2.39. The zero-order valence-electron chi connectivity index (χ0n) is 23.1. The minimum Gasteiger partial charge on any atom is -0.502 e. The van der Waals surface area contributed by atoms with Gasteiger partial charge in [0.25, 0.3) is 0 Å². The molecule has 0 unspecified atom stereocenters. The minimum atomic E-state index is -1.61. The quantitative estimate of drug-likeness (QED) is 0.280. The van der Waals surface area contributed by atoms with Gasteiger partial charge < -0.3 is 63.4 Å². The van der Waals surface area contributed by atoms with E-state index in [9.17, 15) is 25.5 Å². The van der Waals surface area contributed by atoms with E-state index in [0.717, 1.165) is 11.1 Å². The molecule has 0 aliphatic carbocycles. The second kappa shape index (κ2) is 12.1. The van der Waals surface area contributed by atoms with Crippen molar-refractivity contribution in [1.29, 1.82) is 0 Å². The summed E-state index contributed by atoms with van der Waals surface area (Å²) in [5.41, 5.74) is 1.55. The van der Waals surface area contributed by atoms with E-state index in [0.29, 0.717) is 13.2 Å². The Balaban J connectivity index is 1.40. The zero-order chi connectivity index (χ0) is 29.4. The van der Waals surface area contributed by atoms with Crippen molar-refractivity contribution >= 4 is 0 Å². The number of aliphatic hydroxyl groups excluding tert-OH is 4. The maximum Gasteiger partial charge on any atom is 0.229 e. The Morgan fingerprint density at radius 3 is 1.61 bits per heavy atom. The lowest BCUT2D eigenvalue weighted by atomic mass is 9.84. The average molecular weight is 581 g/mol. The third-order valence-corrected chi connectivity index (χ3v) is 7.99. The number of phenolic OH excluding ortho intramolecular Hbond substituents is 1. The Hall–Kier alpha value is -3.04. The fraction of sp³-hybridized carbons (Fsp3) is 0.571. The van der Waals surface area contributed by atoms with Gasteiger partial charge in [0.1, 0.15) is 24.4 Å². The Labute approximate surface area is 236 Å². The SMILES string of the molecule is COc1cc([C@H]2OC[C@H]3[C@H]2CO[C@@H]3c2cc(OC)c(O[C@@H]3O[C@H](CO)[C@@H](O)[C@H](O)[C@H]3O)c(OC)c2)cc(OC)c1O. The minimum absolute atomic E-state index is 0.000914. The number of phenols is 1. The number of fused-ring (bicyclic) bond motifs is 1. The second-order valence-electron chi connectivity index (χ2n) is 10.2. The molecule has 0 bridgehead atoms. The molecule has 3 aliphatic rings. The molecule has 0 amide bonds. The highest BCUT2D eigenvalue weighted by Crippen LogP contribution is 2.53. The first-order valence-corrected chi connectivity index (χ1v) is 13.2. The fourth-order valence-electron chi connectivity index (χ4n) is 5.77. The highest BCUT2D eigenvalue weighted by atomic mass is 16.7. The first kappa shape index (κ1) is 29.5. The smallest absolute Gasteiger partial charge is 0.229 e. The summed E-state index contributed by atoms with van der Waals surface area (Å²) >= 11 is 0. The molecular weight excluding hydrogens is 544 g/mol. The molecular formula is C28H36O13. The monoisotopic (exact) mass is 580 g/mol. The van der Waals surface area contributed by atoms with Crippen LogP contribution in [0.4, 0.5) is 0 Å². The van der Waals surface area contributed by atoms with Gasteiger partial charge in [-0.1, -0.05) is 0 Å². The maximum absolute atomic E-state index is 10.5. The summed E-state index contributed by atoms with van der Waals surface area (Å²) in [5.74, 6) is 1.08. The number of hydrogen-bond donors (Lipinski definition) is 5. The largest absolute Gasteiger partial charge is 0.502 e. The van der Waals surface area contributed by atoms with Gasteiger partial charge in [-0.15, -0.1) is 0 Å². The summed E-state index contributed by atoms with van der Waals surface area (Å²) in [5, 5.41) is 50.5. The molecule has 0 aromatic heterocycles. The van der Waals surface area contributed by atoms with E-state index in [4.69, 9.17) is 37.9 Å². The van der Waals surface area contributed by atoms with Gasteiger partial charge in [0.05, 0.1) is 60.5 Å². The number of ether oxygens (including phenoxy) is 8. The van der Waals surface area contributed by atoms with Gasteiger partial charge >= 0.3 is 0 Å². The predicted molar refractivity (Wildman–Crippen MR) is 140 cm³/mol. The zero-order valence-corrected chi connectivity index (χ0v) is 23.1. The van der Waals surface area contributed by atoms with E-state index in [1.807, 2.05) is 0 Å². The number of aliphatic hydroxyl groups is 4. The molecule has 0 radical (unpaired) electrons. The molecule has 3 saturated heterocycles. The van der Waals surface area contributed by atoms with Gasteiger partial charge in [-0.05, 0) is 35.4 Å². The van der Waals surface area contributed by atoms with Crippen LogP contribution in [0.1, 0.15) is 23.3 Å². The van der Waals surface area contributed by atoms with Crippen LogP contribution in [0.5, 0.6) is 34.5 Å². The van der Waals surface area contributed by atoms with Crippen LogP contribution >= 0.6 is 0 Å². The number of hydrogen-bond acceptors (Lipinski definition) is 13. The van der Waals surface area contributed by atoms with Gasteiger partial charge in [0.2, 0.25) is 17.8 Å². The fourth-order valence-corrected chi connectivity index (χ4v) is 5.77. The predicted octanol–water partition coefficient (Wildman–Crippen LogP) is 0.680. The number of benzene rings is 2. The van der Waals surface area contributed by atoms with Crippen molar-refractivity contribution in [3.05, 3.63) is 35.4 Å². The Bertz CT molecular complexity index is 1170. The molecule has 13 heteroatoms. The summed E-state index contributed by atoms with van der Waals surface area (Å²) in [6, 6.07) is 6.93. The number of rotatable bonds is 9. The molecule has 41 heavy (non-hydrogen) atoms. The average Bonchev–Trinajstić information content (AvgIpc) is 3.60. The lowest BCUT2D eigenvalue weighted by Crippen LogP contribution is -2.60. The van der Waals surface area contributed by atoms with Crippen LogP contribution in [0.25, 0.3) is 0 Å². The second-order valence-corrected chi connectivity index (χ2v) is 10.2.